The maximum Gasteiger partial charge on any atom is 0.423 e. The molecule has 2 aromatic carbocycles. The van der Waals surface area contributed by atoms with E-state index in [1.807, 2.05) is 0 Å². The molecule has 0 heterocycles. The summed E-state index contributed by atoms with van der Waals surface area (Å²) < 4.78 is 39.0. The van der Waals surface area contributed by atoms with E-state index >= 15 is 0 Å². The summed E-state index contributed by atoms with van der Waals surface area (Å²) in [6.45, 7) is 1.24. The van der Waals surface area contributed by atoms with E-state index in [0.717, 1.165) is 11.6 Å². The Bertz CT molecular complexity index is 842. The summed E-state index contributed by atoms with van der Waals surface area (Å²) in [4.78, 5) is 21.9. The molecule has 0 saturated carbocycles. The average Bonchev–Trinajstić information content (AvgIpc) is 2.60. The number of nitrogens with zero attached hydrogens (tertiary/aromatic N) is 1. The van der Waals surface area contributed by atoms with Crippen molar-refractivity contribution < 1.29 is 60.7 Å². The Morgan fingerprint density at radius 2 is 1.86 bits per heavy atom. The molecular weight excluding hydrogens is 454 g/mol. The number of nitrogens with one attached hydrogen (secondary N) is 1. The largest absolute Gasteiger partial charge is 0.423 e. The number of amides is 1. The molecule has 10 heteroatoms. The Morgan fingerprint density at radius 1 is 1.25 bits per heavy atom. The molecule has 0 saturated heterocycles. The molecule has 147 valence electrons. The van der Waals surface area contributed by atoms with E-state index in [2.05, 4.69) is 11.4 Å². The minimum atomic E-state index is -4.96. The van der Waals surface area contributed by atoms with Gasteiger partial charge in [0.15, 0.2) is 0 Å². The van der Waals surface area contributed by atoms with Gasteiger partial charge in [0.05, 0.1) is 4.92 Å². The number of anilines is 1. The molecule has 1 radical (unpaired) electrons. The Kier molecular flexibility index (Phi) is 8.28. The van der Waals surface area contributed by atoms with Crippen molar-refractivity contribution in [2.24, 2.45) is 0 Å². The number of hydrogen-bond donors (Lipinski definition) is 2. The third kappa shape index (κ3) is 6.36. The third-order valence-electron chi connectivity index (χ3n) is 3.93. The molecule has 2 rings (SSSR count). The molecule has 0 aliphatic rings. The minimum Gasteiger partial charge on any atom is -0.380 e. The first-order valence-corrected chi connectivity index (χ1v) is 7.85. The minimum absolute atomic E-state index is 0. The van der Waals surface area contributed by atoms with Crippen molar-refractivity contribution in [3.63, 3.8) is 0 Å². The fraction of sp³-hybridized carbons (Fsp3) is 0.278. The van der Waals surface area contributed by atoms with Crippen LogP contribution in [-0.2, 0) is 50.1 Å². The van der Waals surface area contributed by atoms with Crippen LogP contribution in [0.3, 0.4) is 0 Å². The summed E-state index contributed by atoms with van der Waals surface area (Å²) in [6.07, 6.45) is -4.57. The standard InChI is InChI=1S/C18H16F3N2O4.Y/c1-17(25,10-9-12-5-3-2-4-6-12)16(24)22-13-7-8-15(23(26)27)14(11-13)18(19,20)21;/h3-8,11,25H,9-10H2,1H3,(H,22,24);/q-1;/t17-;/m0./s1. The van der Waals surface area contributed by atoms with E-state index in [9.17, 15) is 33.2 Å². The molecule has 0 aromatic heterocycles. The number of nitro benzene ring substituents is 1. The normalized spacial score (nSPS) is 13.2. The molecule has 0 fully saturated rings. The van der Waals surface area contributed by atoms with Crippen molar-refractivity contribution in [1.29, 1.82) is 0 Å². The number of aryl methyl sites for hydroxylation is 1. The summed E-state index contributed by atoms with van der Waals surface area (Å²) in [5.41, 5.74) is -3.89. The average molecular weight is 470 g/mol. The van der Waals surface area contributed by atoms with Crippen molar-refractivity contribution in [2.45, 2.75) is 31.5 Å². The van der Waals surface area contributed by atoms with Gasteiger partial charge in [0.2, 0.25) is 0 Å². The van der Waals surface area contributed by atoms with Gasteiger partial charge < -0.3 is 10.4 Å². The van der Waals surface area contributed by atoms with Crippen molar-refractivity contribution in [1.82, 2.24) is 0 Å². The Hall–Kier alpha value is -1.84. The molecule has 28 heavy (non-hydrogen) atoms. The van der Waals surface area contributed by atoms with E-state index in [1.165, 1.54) is 6.92 Å². The zero-order valence-electron chi connectivity index (χ0n) is 14.8. The molecule has 0 spiro atoms. The predicted octanol–water partition coefficient (Wildman–Crippen LogP) is 3.73. The van der Waals surface area contributed by atoms with Gasteiger partial charge in [-0.2, -0.15) is 49.1 Å². The van der Waals surface area contributed by atoms with Crippen LogP contribution in [0.5, 0.6) is 0 Å². The molecule has 1 amide bonds. The first-order chi connectivity index (χ1) is 12.5. The third-order valence-corrected chi connectivity index (χ3v) is 3.93. The van der Waals surface area contributed by atoms with Gasteiger partial charge in [-0.1, -0.05) is 0 Å². The molecule has 0 unspecified atom stereocenters. The maximum atomic E-state index is 13.0. The van der Waals surface area contributed by atoms with Crippen LogP contribution in [0.4, 0.5) is 24.5 Å². The van der Waals surface area contributed by atoms with Crippen LogP contribution in [0.2, 0.25) is 0 Å². The van der Waals surface area contributed by atoms with E-state index in [-0.39, 0.29) is 44.8 Å². The molecule has 1 atom stereocenters. The number of benzene rings is 2. The van der Waals surface area contributed by atoms with Crippen molar-refractivity contribution in [3.8, 4) is 0 Å². The number of carbonyl (C=O) groups excluding carboxylic acids is 1. The van der Waals surface area contributed by atoms with Crippen LogP contribution in [0.1, 0.15) is 24.5 Å². The predicted molar refractivity (Wildman–Crippen MR) is 91.0 cm³/mol. The number of rotatable bonds is 6. The van der Waals surface area contributed by atoms with Crippen molar-refractivity contribution >= 4 is 17.3 Å². The van der Waals surface area contributed by atoms with Crippen LogP contribution in [0, 0.1) is 16.2 Å². The van der Waals surface area contributed by atoms with Crippen LogP contribution in [0.25, 0.3) is 0 Å². The molecule has 0 aliphatic heterocycles. The quantitative estimate of drug-likeness (QED) is 0.383. The fourth-order valence-corrected chi connectivity index (χ4v) is 2.36. The fourth-order valence-electron chi connectivity index (χ4n) is 2.36. The zero-order valence-corrected chi connectivity index (χ0v) is 17.6. The van der Waals surface area contributed by atoms with Crippen LogP contribution in [-0.4, -0.2) is 21.5 Å². The number of alkyl halides is 3. The number of halogens is 3. The van der Waals surface area contributed by atoms with Gasteiger partial charge in [-0.3, -0.25) is 14.9 Å². The number of nitro groups is 1. The van der Waals surface area contributed by atoms with Crippen LogP contribution < -0.4 is 5.32 Å². The van der Waals surface area contributed by atoms with Gasteiger partial charge in [-0.05, 0) is 31.9 Å². The van der Waals surface area contributed by atoms with Crippen molar-refractivity contribution in [3.05, 3.63) is 69.8 Å². The maximum absolute atomic E-state index is 13.0. The van der Waals surface area contributed by atoms with E-state index in [4.69, 9.17) is 0 Å². The molecule has 6 nitrogen and oxygen atoms in total. The zero-order chi connectivity index (χ0) is 20.2. The van der Waals surface area contributed by atoms with Crippen LogP contribution >= 0.6 is 0 Å². The number of hydrogen-bond acceptors (Lipinski definition) is 4. The molecule has 2 aromatic rings. The topological polar surface area (TPSA) is 92.5 Å². The van der Waals surface area contributed by atoms with E-state index in [1.54, 1.807) is 24.3 Å². The second-order valence-electron chi connectivity index (χ2n) is 6.12. The van der Waals surface area contributed by atoms with Crippen molar-refractivity contribution in [2.75, 3.05) is 5.32 Å². The molecular formula is C18H16F3N2O4Y-. The first-order valence-electron chi connectivity index (χ1n) is 7.85. The van der Waals surface area contributed by atoms with Crippen LogP contribution in [0.15, 0.2) is 42.5 Å². The molecule has 0 aliphatic carbocycles. The smallest absolute Gasteiger partial charge is 0.380 e. The Balaban J connectivity index is 0.00000392. The summed E-state index contributed by atoms with van der Waals surface area (Å²) in [6, 6.07) is 11.8. The van der Waals surface area contributed by atoms with E-state index < -0.39 is 33.9 Å². The van der Waals surface area contributed by atoms with Gasteiger partial charge in [0.25, 0.3) is 11.6 Å². The van der Waals surface area contributed by atoms with Gasteiger partial charge in [-0.25, -0.2) is 0 Å². The second kappa shape index (κ2) is 9.58. The number of carbonyl (C=O) groups is 1. The van der Waals surface area contributed by atoms with Gasteiger partial charge in [-0.15, -0.1) is 0 Å². The first kappa shape index (κ1) is 24.2. The monoisotopic (exact) mass is 470 g/mol. The van der Waals surface area contributed by atoms with E-state index in [0.29, 0.717) is 18.6 Å². The Labute approximate surface area is 184 Å². The molecule has 0 bridgehead atoms. The summed E-state index contributed by atoms with van der Waals surface area (Å²) >= 11 is 0. The van der Waals surface area contributed by atoms with Gasteiger partial charge >= 0.3 is 6.18 Å². The summed E-state index contributed by atoms with van der Waals surface area (Å²) in [7, 11) is 0. The number of aliphatic hydroxyl groups is 1. The summed E-state index contributed by atoms with van der Waals surface area (Å²) in [5, 5.41) is 23.3. The van der Waals surface area contributed by atoms with Gasteiger partial charge in [0.1, 0.15) is 11.2 Å². The molecule has 2 N–H and O–H groups in total. The van der Waals surface area contributed by atoms with Gasteiger partial charge in [0, 0.05) is 44.5 Å². The second-order valence-corrected chi connectivity index (χ2v) is 6.12. The SMILES string of the molecule is C[C@](O)(CCc1cc[c-]cc1)C(=O)Nc1ccc([N+](=O)[O-])c(C(F)(F)F)c1.[Y]. The summed E-state index contributed by atoms with van der Waals surface area (Å²) in [5.74, 6) is -0.910. The Morgan fingerprint density at radius 3 is 2.39 bits per heavy atom.